The standard InChI is InChI=1S/C13H13Cl2N3O/c1-13(9-6-7(14)2-5-10(9)15)11(19)17-12(18-13)16-8-3-4-8/h2,5-6,8H,3-4H2,1H3,(H2,16,17,18,19). The fraction of sp³-hybridized carbons (Fsp3) is 0.385. The summed E-state index contributed by atoms with van der Waals surface area (Å²) in [6, 6.07) is 5.43. The topological polar surface area (TPSA) is 53.5 Å². The number of nitrogens with zero attached hydrogens (tertiary/aromatic N) is 1. The van der Waals surface area contributed by atoms with Crippen molar-refractivity contribution < 1.29 is 4.79 Å². The number of hydrogen-bond donors (Lipinski definition) is 2. The minimum Gasteiger partial charge on any atom is -0.338 e. The summed E-state index contributed by atoms with van der Waals surface area (Å²) in [5.74, 6) is 0.349. The van der Waals surface area contributed by atoms with Gasteiger partial charge in [0.15, 0.2) is 5.96 Å². The highest BCUT2D eigenvalue weighted by Gasteiger charge is 2.44. The van der Waals surface area contributed by atoms with Crippen LogP contribution >= 0.6 is 23.2 Å². The molecule has 4 nitrogen and oxygen atoms in total. The molecular weight excluding hydrogens is 285 g/mol. The van der Waals surface area contributed by atoms with Gasteiger partial charge in [0.25, 0.3) is 5.91 Å². The SMILES string of the molecule is CC1(c2cc(Cl)ccc2Cl)NC(=NC2CC2)NC1=O. The van der Waals surface area contributed by atoms with Gasteiger partial charge in [-0.05, 0) is 38.0 Å². The summed E-state index contributed by atoms with van der Waals surface area (Å²) in [5.41, 5.74) is -0.282. The van der Waals surface area contributed by atoms with Gasteiger partial charge in [-0.2, -0.15) is 0 Å². The molecule has 0 bridgehead atoms. The highest BCUT2D eigenvalue weighted by Crippen LogP contribution is 2.33. The molecule has 2 fully saturated rings. The van der Waals surface area contributed by atoms with Gasteiger partial charge in [-0.3, -0.25) is 10.1 Å². The van der Waals surface area contributed by atoms with Crippen LogP contribution in [0.15, 0.2) is 23.2 Å². The number of carbonyl (C=O) groups is 1. The lowest BCUT2D eigenvalue weighted by molar-refractivity contribution is -0.123. The Labute approximate surface area is 121 Å². The number of nitrogens with one attached hydrogen (secondary N) is 2. The Morgan fingerprint density at radius 1 is 1.37 bits per heavy atom. The first-order chi connectivity index (χ1) is 8.99. The molecule has 1 aromatic carbocycles. The average Bonchev–Trinajstić information content (AvgIpc) is 3.10. The fourth-order valence-corrected chi connectivity index (χ4v) is 2.56. The second-order valence-electron chi connectivity index (χ2n) is 5.04. The molecule has 6 heteroatoms. The van der Waals surface area contributed by atoms with E-state index in [1.807, 2.05) is 0 Å². The predicted octanol–water partition coefficient (Wildman–Crippen LogP) is 2.45. The lowest BCUT2D eigenvalue weighted by atomic mass is 9.92. The summed E-state index contributed by atoms with van der Waals surface area (Å²) in [6.07, 6.45) is 2.16. The summed E-state index contributed by atoms with van der Waals surface area (Å²) >= 11 is 12.2. The number of rotatable bonds is 2. The van der Waals surface area contributed by atoms with Crippen molar-refractivity contribution in [3.8, 4) is 0 Å². The quantitative estimate of drug-likeness (QED) is 0.881. The molecule has 1 aromatic rings. The van der Waals surface area contributed by atoms with Crippen molar-refractivity contribution in [2.24, 2.45) is 4.99 Å². The van der Waals surface area contributed by atoms with Gasteiger partial charge in [0.2, 0.25) is 0 Å². The zero-order valence-corrected chi connectivity index (χ0v) is 11.8. The van der Waals surface area contributed by atoms with Crippen LogP contribution in [0.1, 0.15) is 25.3 Å². The van der Waals surface area contributed by atoms with Crippen LogP contribution in [0.5, 0.6) is 0 Å². The average molecular weight is 298 g/mol. The molecule has 0 aromatic heterocycles. The number of benzene rings is 1. The first-order valence-electron chi connectivity index (χ1n) is 6.12. The first-order valence-corrected chi connectivity index (χ1v) is 6.87. The molecule has 3 rings (SSSR count). The highest BCUT2D eigenvalue weighted by molar-refractivity contribution is 6.34. The third kappa shape index (κ3) is 2.30. The molecule has 1 atom stereocenters. The van der Waals surface area contributed by atoms with Crippen LogP contribution in [-0.4, -0.2) is 17.9 Å². The molecule has 1 unspecified atom stereocenters. The number of guanidine groups is 1. The van der Waals surface area contributed by atoms with E-state index in [2.05, 4.69) is 15.6 Å². The fourth-order valence-electron chi connectivity index (χ4n) is 2.08. The molecular formula is C13H13Cl2N3O. The Morgan fingerprint density at radius 2 is 2.11 bits per heavy atom. The second-order valence-corrected chi connectivity index (χ2v) is 5.88. The maximum Gasteiger partial charge on any atom is 0.256 e. The van der Waals surface area contributed by atoms with E-state index in [-0.39, 0.29) is 5.91 Å². The third-order valence-electron chi connectivity index (χ3n) is 3.38. The highest BCUT2D eigenvalue weighted by atomic mass is 35.5. The number of carbonyl (C=O) groups excluding carboxylic acids is 1. The van der Waals surface area contributed by atoms with Gasteiger partial charge in [0, 0.05) is 15.6 Å². The van der Waals surface area contributed by atoms with Crippen LogP contribution in [0.25, 0.3) is 0 Å². The summed E-state index contributed by atoms with van der Waals surface area (Å²) in [4.78, 5) is 16.6. The van der Waals surface area contributed by atoms with Crippen LogP contribution in [0.4, 0.5) is 0 Å². The van der Waals surface area contributed by atoms with Gasteiger partial charge in [0.05, 0.1) is 6.04 Å². The van der Waals surface area contributed by atoms with Gasteiger partial charge < -0.3 is 5.32 Å². The Balaban J connectivity index is 1.98. The normalized spacial score (nSPS) is 28.4. The molecule has 1 aliphatic carbocycles. The minimum atomic E-state index is -0.935. The molecule has 100 valence electrons. The van der Waals surface area contributed by atoms with Crippen molar-refractivity contribution in [1.29, 1.82) is 0 Å². The smallest absolute Gasteiger partial charge is 0.256 e. The van der Waals surface area contributed by atoms with Crippen LogP contribution < -0.4 is 10.6 Å². The molecule has 2 aliphatic rings. The predicted molar refractivity (Wildman–Crippen MR) is 75.5 cm³/mol. The van der Waals surface area contributed by atoms with E-state index in [1.54, 1.807) is 25.1 Å². The van der Waals surface area contributed by atoms with E-state index >= 15 is 0 Å². The molecule has 1 amide bonds. The zero-order valence-electron chi connectivity index (χ0n) is 10.3. The molecule has 2 N–H and O–H groups in total. The number of hydrogen-bond acceptors (Lipinski definition) is 2. The van der Waals surface area contributed by atoms with Crippen molar-refractivity contribution in [2.75, 3.05) is 0 Å². The number of aliphatic imine (C=N–C) groups is 1. The van der Waals surface area contributed by atoms with Gasteiger partial charge in [0.1, 0.15) is 5.54 Å². The van der Waals surface area contributed by atoms with Crippen molar-refractivity contribution in [3.05, 3.63) is 33.8 Å². The molecule has 1 aliphatic heterocycles. The number of halogens is 2. The van der Waals surface area contributed by atoms with E-state index in [0.717, 1.165) is 12.8 Å². The van der Waals surface area contributed by atoms with E-state index < -0.39 is 5.54 Å². The monoisotopic (exact) mass is 297 g/mol. The van der Waals surface area contributed by atoms with Crippen LogP contribution in [0.2, 0.25) is 10.0 Å². The maximum absolute atomic E-state index is 12.2. The molecule has 19 heavy (non-hydrogen) atoms. The number of amides is 1. The van der Waals surface area contributed by atoms with Crippen LogP contribution in [0, 0.1) is 0 Å². The van der Waals surface area contributed by atoms with Crippen LogP contribution in [-0.2, 0) is 10.3 Å². The van der Waals surface area contributed by atoms with Crippen molar-refractivity contribution in [3.63, 3.8) is 0 Å². The largest absolute Gasteiger partial charge is 0.338 e. The summed E-state index contributed by atoms with van der Waals surface area (Å²) < 4.78 is 0. The third-order valence-corrected chi connectivity index (χ3v) is 3.94. The van der Waals surface area contributed by atoms with E-state index in [9.17, 15) is 4.79 Å². The van der Waals surface area contributed by atoms with Crippen molar-refractivity contribution in [2.45, 2.75) is 31.3 Å². The van der Waals surface area contributed by atoms with Crippen molar-refractivity contribution >= 4 is 35.1 Å². The van der Waals surface area contributed by atoms with Gasteiger partial charge in [-0.15, -0.1) is 0 Å². The first kappa shape index (κ1) is 12.8. The Bertz CT molecular complexity index is 583. The minimum absolute atomic E-state index is 0.170. The Morgan fingerprint density at radius 3 is 2.79 bits per heavy atom. The van der Waals surface area contributed by atoms with Crippen molar-refractivity contribution in [1.82, 2.24) is 10.6 Å². The summed E-state index contributed by atoms with van der Waals surface area (Å²) in [7, 11) is 0. The molecule has 1 saturated heterocycles. The molecule has 0 spiro atoms. The van der Waals surface area contributed by atoms with Gasteiger partial charge >= 0.3 is 0 Å². The maximum atomic E-state index is 12.2. The van der Waals surface area contributed by atoms with E-state index in [0.29, 0.717) is 27.6 Å². The molecule has 0 radical (unpaired) electrons. The lowest BCUT2D eigenvalue weighted by Gasteiger charge is -2.23. The summed E-state index contributed by atoms with van der Waals surface area (Å²) in [6.45, 7) is 1.77. The second kappa shape index (κ2) is 4.39. The van der Waals surface area contributed by atoms with Crippen LogP contribution in [0.3, 0.4) is 0 Å². The molecule has 1 heterocycles. The van der Waals surface area contributed by atoms with E-state index in [4.69, 9.17) is 23.2 Å². The zero-order chi connectivity index (χ0) is 13.6. The Kier molecular flexibility index (Phi) is 2.95. The van der Waals surface area contributed by atoms with Gasteiger partial charge in [-0.1, -0.05) is 23.2 Å². The lowest BCUT2D eigenvalue weighted by Crippen LogP contribution is -2.41. The molecule has 1 saturated carbocycles. The summed E-state index contributed by atoms with van der Waals surface area (Å²) in [5, 5.41) is 6.92. The Hall–Kier alpha value is -1.26. The van der Waals surface area contributed by atoms with E-state index in [1.165, 1.54) is 0 Å². The van der Waals surface area contributed by atoms with Gasteiger partial charge in [-0.25, -0.2) is 4.99 Å².